The minimum atomic E-state index is -0.990. The molecule has 2 aromatic rings. The second-order valence-electron chi connectivity index (χ2n) is 6.01. The van der Waals surface area contributed by atoms with Crippen LogP contribution in [0, 0.1) is 0 Å². The summed E-state index contributed by atoms with van der Waals surface area (Å²) >= 11 is 0. The molecule has 1 aliphatic heterocycles. The van der Waals surface area contributed by atoms with Gasteiger partial charge in [-0.15, -0.1) is 0 Å². The van der Waals surface area contributed by atoms with E-state index in [0.29, 0.717) is 37.5 Å². The molecule has 1 aromatic heterocycles. The number of hydrogen-bond donors (Lipinski definition) is 2. The number of carbonyl (C=O) groups is 2. The Balaban J connectivity index is 1.65. The maximum atomic E-state index is 12.4. The third kappa shape index (κ3) is 4.20. The van der Waals surface area contributed by atoms with E-state index in [1.807, 2.05) is 6.92 Å². The Kier molecular flexibility index (Phi) is 5.52. The van der Waals surface area contributed by atoms with E-state index in [1.165, 1.54) is 12.1 Å². The van der Waals surface area contributed by atoms with Gasteiger partial charge in [0.25, 0.3) is 5.91 Å². The SMILES string of the molecule is CCn1cc(C(=O)N[C@@H]2CCOC[C@H]2Oc2ccc(C(=O)O)cc2)cn1. The monoisotopic (exact) mass is 359 g/mol. The molecule has 2 heterocycles. The molecular weight excluding hydrogens is 338 g/mol. The van der Waals surface area contributed by atoms with Crippen LogP contribution in [-0.4, -0.2) is 52.1 Å². The molecule has 1 aliphatic rings. The summed E-state index contributed by atoms with van der Waals surface area (Å²) in [5, 5.41) is 16.0. The highest BCUT2D eigenvalue weighted by molar-refractivity contribution is 5.93. The van der Waals surface area contributed by atoms with Crippen LogP contribution in [0.5, 0.6) is 5.75 Å². The third-order valence-corrected chi connectivity index (χ3v) is 4.23. The first kappa shape index (κ1) is 17.9. The normalized spacial score (nSPS) is 19.7. The highest BCUT2D eigenvalue weighted by Crippen LogP contribution is 2.19. The van der Waals surface area contributed by atoms with E-state index < -0.39 is 5.97 Å². The minimum Gasteiger partial charge on any atom is -0.486 e. The largest absolute Gasteiger partial charge is 0.486 e. The summed E-state index contributed by atoms with van der Waals surface area (Å²) in [6.45, 7) is 3.53. The number of hydrogen-bond acceptors (Lipinski definition) is 5. The first-order valence-corrected chi connectivity index (χ1v) is 8.48. The Morgan fingerprint density at radius 2 is 2.12 bits per heavy atom. The Morgan fingerprint density at radius 3 is 2.77 bits per heavy atom. The maximum absolute atomic E-state index is 12.4. The number of nitrogens with zero attached hydrogens (tertiary/aromatic N) is 2. The molecule has 1 fully saturated rings. The van der Waals surface area contributed by atoms with Crippen LogP contribution >= 0.6 is 0 Å². The van der Waals surface area contributed by atoms with Crippen LogP contribution in [0.1, 0.15) is 34.1 Å². The minimum absolute atomic E-state index is 0.190. The van der Waals surface area contributed by atoms with Crippen LogP contribution in [0.4, 0.5) is 0 Å². The lowest BCUT2D eigenvalue weighted by molar-refractivity contribution is -0.0135. The second-order valence-corrected chi connectivity index (χ2v) is 6.01. The predicted octanol–water partition coefficient (Wildman–Crippen LogP) is 1.57. The molecule has 8 heteroatoms. The van der Waals surface area contributed by atoms with Crippen LogP contribution in [0.15, 0.2) is 36.7 Å². The van der Waals surface area contributed by atoms with Gasteiger partial charge < -0.3 is 19.9 Å². The molecule has 138 valence electrons. The average Bonchev–Trinajstić information content (AvgIpc) is 3.13. The lowest BCUT2D eigenvalue weighted by Gasteiger charge is -2.32. The van der Waals surface area contributed by atoms with Gasteiger partial charge in [0, 0.05) is 19.3 Å². The average molecular weight is 359 g/mol. The maximum Gasteiger partial charge on any atom is 0.335 e. The standard InChI is InChI=1S/C18H21N3O5/c1-2-21-10-13(9-19-21)17(22)20-15-7-8-25-11-16(15)26-14-5-3-12(4-6-14)18(23)24/h3-6,9-10,15-16H,2,7-8,11H2,1H3,(H,20,22)(H,23,24)/t15-,16-/m1/s1. The number of nitrogens with one attached hydrogen (secondary N) is 1. The number of benzene rings is 1. The molecule has 8 nitrogen and oxygen atoms in total. The number of aromatic nitrogens is 2. The van der Waals surface area contributed by atoms with E-state index in [9.17, 15) is 9.59 Å². The number of aromatic carboxylic acids is 1. The molecule has 0 spiro atoms. The number of aryl methyl sites for hydroxylation is 1. The zero-order chi connectivity index (χ0) is 18.5. The zero-order valence-electron chi connectivity index (χ0n) is 14.4. The van der Waals surface area contributed by atoms with Crippen molar-refractivity contribution in [1.82, 2.24) is 15.1 Å². The van der Waals surface area contributed by atoms with E-state index in [0.717, 1.165) is 0 Å². The van der Waals surface area contributed by atoms with E-state index >= 15 is 0 Å². The quantitative estimate of drug-likeness (QED) is 0.812. The molecule has 2 atom stereocenters. The van der Waals surface area contributed by atoms with Crippen molar-refractivity contribution in [3.63, 3.8) is 0 Å². The van der Waals surface area contributed by atoms with Gasteiger partial charge in [-0.1, -0.05) is 0 Å². The van der Waals surface area contributed by atoms with E-state index in [4.69, 9.17) is 14.6 Å². The Labute approximate surface area is 150 Å². The fraction of sp³-hybridized carbons (Fsp3) is 0.389. The van der Waals surface area contributed by atoms with E-state index in [-0.39, 0.29) is 23.6 Å². The molecule has 1 amide bonds. The number of rotatable bonds is 6. The van der Waals surface area contributed by atoms with Gasteiger partial charge in [0.1, 0.15) is 11.9 Å². The lowest BCUT2D eigenvalue weighted by atomic mass is 10.1. The van der Waals surface area contributed by atoms with Crippen LogP contribution in [0.2, 0.25) is 0 Å². The van der Waals surface area contributed by atoms with Crippen molar-refractivity contribution in [3.8, 4) is 5.75 Å². The van der Waals surface area contributed by atoms with Gasteiger partial charge in [0.2, 0.25) is 0 Å². The molecule has 0 saturated carbocycles. The highest BCUT2D eigenvalue weighted by atomic mass is 16.5. The van der Waals surface area contributed by atoms with Crippen molar-refractivity contribution in [2.75, 3.05) is 13.2 Å². The van der Waals surface area contributed by atoms with Crippen molar-refractivity contribution in [2.45, 2.75) is 32.0 Å². The van der Waals surface area contributed by atoms with Crippen molar-refractivity contribution in [2.24, 2.45) is 0 Å². The molecule has 3 rings (SSSR count). The van der Waals surface area contributed by atoms with Crippen LogP contribution in [0.25, 0.3) is 0 Å². The van der Waals surface area contributed by atoms with Gasteiger partial charge in [-0.3, -0.25) is 9.48 Å². The third-order valence-electron chi connectivity index (χ3n) is 4.23. The molecule has 0 aliphatic carbocycles. The van der Waals surface area contributed by atoms with Crippen LogP contribution < -0.4 is 10.1 Å². The van der Waals surface area contributed by atoms with Crippen molar-refractivity contribution >= 4 is 11.9 Å². The zero-order valence-corrected chi connectivity index (χ0v) is 14.4. The molecule has 0 radical (unpaired) electrons. The predicted molar refractivity (Wildman–Crippen MR) is 92.4 cm³/mol. The van der Waals surface area contributed by atoms with Gasteiger partial charge >= 0.3 is 5.97 Å². The van der Waals surface area contributed by atoms with Gasteiger partial charge in [-0.2, -0.15) is 5.10 Å². The summed E-state index contributed by atoms with van der Waals surface area (Å²) in [5.41, 5.74) is 0.693. The molecule has 2 N–H and O–H groups in total. The summed E-state index contributed by atoms with van der Waals surface area (Å²) in [6.07, 6.45) is 3.52. The van der Waals surface area contributed by atoms with Crippen molar-refractivity contribution in [1.29, 1.82) is 0 Å². The first-order chi connectivity index (χ1) is 12.6. The van der Waals surface area contributed by atoms with Gasteiger partial charge in [-0.05, 0) is 37.6 Å². The van der Waals surface area contributed by atoms with Crippen LogP contribution in [-0.2, 0) is 11.3 Å². The smallest absolute Gasteiger partial charge is 0.335 e. The highest BCUT2D eigenvalue weighted by Gasteiger charge is 2.29. The van der Waals surface area contributed by atoms with Gasteiger partial charge in [0.05, 0.1) is 30.0 Å². The summed E-state index contributed by atoms with van der Waals surface area (Å²) < 4.78 is 13.1. The summed E-state index contributed by atoms with van der Waals surface area (Å²) in [7, 11) is 0. The fourth-order valence-corrected chi connectivity index (χ4v) is 2.75. The molecular formula is C18H21N3O5. The van der Waals surface area contributed by atoms with Crippen LogP contribution in [0.3, 0.4) is 0 Å². The molecule has 0 unspecified atom stereocenters. The lowest BCUT2D eigenvalue weighted by Crippen LogP contribution is -2.51. The number of amides is 1. The molecule has 1 saturated heterocycles. The summed E-state index contributed by atoms with van der Waals surface area (Å²) in [6, 6.07) is 5.95. The summed E-state index contributed by atoms with van der Waals surface area (Å²) in [5.74, 6) is -0.662. The molecule has 0 bridgehead atoms. The second kappa shape index (κ2) is 8.01. The van der Waals surface area contributed by atoms with Crippen molar-refractivity contribution < 1.29 is 24.2 Å². The summed E-state index contributed by atoms with van der Waals surface area (Å²) in [4.78, 5) is 23.4. The molecule has 26 heavy (non-hydrogen) atoms. The topological polar surface area (TPSA) is 103 Å². The first-order valence-electron chi connectivity index (χ1n) is 8.48. The van der Waals surface area contributed by atoms with Gasteiger partial charge in [0.15, 0.2) is 0 Å². The number of carboxylic acids is 1. The Hall–Kier alpha value is -2.87. The van der Waals surface area contributed by atoms with E-state index in [1.54, 1.807) is 29.2 Å². The Morgan fingerprint density at radius 1 is 1.35 bits per heavy atom. The fourth-order valence-electron chi connectivity index (χ4n) is 2.75. The van der Waals surface area contributed by atoms with Crippen molar-refractivity contribution in [3.05, 3.63) is 47.8 Å². The number of carbonyl (C=O) groups excluding carboxylic acids is 1. The Bertz CT molecular complexity index is 771. The van der Waals surface area contributed by atoms with E-state index in [2.05, 4.69) is 10.4 Å². The number of carboxylic acid groups (broad SMARTS) is 1. The van der Waals surface area contributed by atoms with Gasteiger partial charge in [-0.25, -0.2) is 4.79 Å². The number of ether oxygens (including phenoxy) is 2. The molecule has 1 aromatic carbocycles.